The summed E-state index contributed by atoms with van der Waals surface area (Å²) >= 11 is 0. The Labute approximate surface area is 111 Å². The zero-order valence-corrected chi connectivity index (χ0v) is 10.6. The highest BCUT2D eigenvalue weighted by atomic mass is 16.1. The average Bonchev–Trinajstić information content (AvgIpc) is 3.24. The lowest BCUT2D eigenvalue weighted by Gasteiger charge is -2.06. The number of aromatic amines is 1. The van der Waals surface area contributed by atoms with Gasteiger partial charge in [0.25, 0.3) is 5.56 Å². The summed E-state index contributed by atoms with van der Waals surface area (Å²) in [5.41, 5.74) is 1.14. The van der Waals surface area contributed by atoms with Crippen molar-refractivity contribution in [2.45, 2.75) is 25.2 Å². The van der Waals surface area contributed by atoms with Crippen molar-refractivity contribution in [3.63, 3.8) is 0 Å². The minimum absolute atomic E-state index is 0.0803. The molecular formula is C14H16N4O. The summed E-state index contributed by atoms with van der Waals surface area (Å²) in [6, 6.07) is 5.49. The van der Waals surface area contributed by atoms with Crippen LogP contribution in [0.2, 0.25) is 0 Å². The van der Waals surface area contributed by atoms with Crippen LogP contribution in [0.4, 0.5) is 5.82 Å². The molecule has 2 N–H and O–H groups in total. The van der Waals surface area contributed by atoms with Gasteiger partial charge in [-0.05, 0) is 37.0 Å². The predicted octanol–water partition coefficient (Wildman–Crippen LogP) is 1.70. The zero-order chi connectivity index (χ0) is 13.1. The molecule has 0 atom stereocenters. The third-order valence-corrected chi connectivity index (χ3v) is 3.19. The molecule has 1 fully saturated rings. The van der Waals surface area contributed by atoms with Crippen molar-refractivity contribution in [1.29, 1.82) is 0 Å². The largest absolute Gasteiger partial charge is 0.370 e. The summed E-state index contributed by atoms with van der Waals surface area (Å²) < 4.78 is 0. The molecule has 5 nitrogen and oxygen atoms in total. The van der Waals surface area contributed by atoms with E-state index in [9.17, 15) is 4.79 Å². The van der Waals surface area contributed by atoms with Crippen LogP contribution >= 0.6 is 0 Å². The molecule has 0 saturated heterocycles. The predicted molar refractivity (Wildman–Crippen MR) is 73.3 cm³/mol. The Morgan fingerprint density at radius 1 is 1.32 bits per heavy atom. The van der Waals surface area contributed by atoms with E-state index in [0.29, 0.717) is 11.7 Å². The van der Waals surface area contributed by atoms with E-state index in [1.807, 2.05) is 12.1 Å². The van der Waals surface area contributed by atoms with Gasteiger partial charge < -0.3 is 10.3 Å². The van der Waals surface area contributed by atoms with E-state index in [0.717, 1.165) is 31.6 Å². The molecule has 2 heterocycles. The Kier molecular flexibility index (Phi) is 3.27. The van der Waals surface area contributed by atoms with E-state index in [1.165, 1.54) is 11.6 Å². The summed E-state index contributed by atoms with van der Waals surface area (Å²) in [7, 11) is 0. The van der Waals surface area contributed by atoms with Crippen molar-refractivity contribution in [1.82, 2.24) is 15.0 Å². The molecule has 2 aromatic heterocycles. The summed E-state index contributed by atoms with van der Waals surface area (Å²) in [4.78, 5) is 22.8. The fourth-order valence-electron chi connectivity index (χ4n) is 2.00. The Bertz CT molecular complexity index is 604. The van der Waals surface area contributed by atoms with Crippen LogP contribution in [0.3, 0.4) is 0 Å². The van der Waals surface area contributed by atoms with Gasteiger partial charge in [-0.1, -0.05) is 0 Å². The number of aromatic nitrogens is 3. The van der Waals surface area contributed by atoms with Crippen LogP contribution in [0.15, 0.2) is 35.4 Å². The van der Waals surface area contributed by atoms with Crippen molar-refractivity contribution in [2.75, 3.05) is 11.9 Å². The van der Waals surface area contributed by atoms with E-state index in [4.69, 9.17) is 0 Å². The van der Waals surface area contributed by atoms with Crippen molar-refractivity contribution >= 4 is 5.82 Å². The van der Waals surface area contributed by atoms with Gasteiger partial charge in [-0.15, -0.1) is 0 Å². The molecule has 2 aromatic rings. The van der Waals surface area contributed by atoms with E-state index in [2.05, 4.69) is 20.3 Å². The van der Waals surface area contributed by atoms with Crippen LogP contribution in [0.1, 0.15) is 30.1 Å². The SMILES string of the molecule is O=c1cc(NCCc2ccncc2)nc(C2CC2)[nH]1. The van der Waals surface area contributed by atoms with Gasteiger partial charge in [0.05, 0.1) is 0 Å². The van der Waals surface area contributed by atoms with Crippen molar-refractivity contribution in [3.05, 3.63) is 52.3 Å². The minimum Gasteiger partial charge on any atom is -0.370 e. The van der Waals surface area contributed by atoms with E-state index in [-0.39, 0.29) is 5.56 Å². The van der Waals surface area contributed by atoms with Crippen LogP contribution in [0.5, 0.6) is 0 Å². The summed E-state index contributed by atoms with van der Waals surface area (Å²) in [6.07, 6.45) is 6.71. The second-order valence-corrected chi connectivity index (χ2v) is 4.82. The third-order valence-electron chi connectivity index (χ3n) is 3.19. The first-order valence-electron chi connectivity index (χ1n) is 6.55. The molecule has 0 bridgehead atoms. The molecule has 5 heteroatoms. The Morgan fingerprint density at radius 3 is 2.84 bits per heavy atom. The van der Waals surface area contributed by atoms with Crippen LogP contribution in [-0.2, 0) is 6.42 Å². The fourth-order valence-corrected chi connectivity index (χ4v) is 2.00. The molecule has 0 unspecified atom stereocenters. The molecule has 1 aliphatic rings. The molecule has 0 aromatic carbocycles. The molecule has 0 amide bonds. The Hall–Kier alpha value is -2.17. The number of anilines is 1. The van der Waals surface area contributed by atoms with Crippen molar-refractivity contribution in [2.24, 2.45) is 0 Å². The minimum atomic E-state index is -0.0803. The number of nitrogens with one attached hydrogen (secondary N) is 2. The summed E-state index contributed by atoms with van der Waals surface area (Å²) in [5, 5.41) is 3.21. The van der Waals surface area contributed by atoms with E-state index < -0.39 is 0 Å². The van der Waals surface area contributed by atoms with Gasteiger partial charge in [0.15, 0.2) is 0 Å². The molecule has 19 heavy (non-hydrogen) atoms. The van der Waals surface area contributed by atoms with Gasteiger partial charge in [-0.25, -0.2) is 4.98 Å². The van der Waals surface area contributed by atoms with Gasteiger partial charge in [0.2, 0.25) is 0 Å². The van der Waals surface area contributed by atoms with Crippen LogP contribution < -0.4 is 10.9 Å². The van der Waals surface area contributed by atoms with Gasteiger partial charge in [-0.3, -0.25) is 9.78 Å². The first-order valence-corrected chi connectivity index (χ1v) is 6.55. The molecule has 1 saturated carbocycles. The number of H-pyrrole nitrogens is 1. The average molecular weight is 256 g/mol. The normalized spacial score (nSPS) is 14.3. The van der Waals surface area contributed by atoms with Crippen molar-refractivity contribution < 1.29 is 0 Å². The van der Waals surface area contributed by atoms with Gasteiger partial charge in [0.1, 0.15) is 11.6 Å². The molecule has 3 rings (SSSR count). The molecule has 0 aliphatic heterocycles. The van der Waals surface area contributed by atoms with Crippen molar-refractivity contribution in [3.8, 4) is 0 Å². The maximum Gasteiger partial charge on any atom is 0.252 e. The number of nitrogens with zero attached hydrogens (tertiary/aromatic N) is 2. The molecule has 98 valence electrons. The van der Waals surface area contributed by atoms with E-state index in [1.54, 1.807) is 12.4 Å². The van der Waals surface area contributed by atoms with Crippen LogP contribution in [0.25, 0.3) is 0 Å². The lowest BCUT2D eigenvalue weighted by Crippen LogP contribution is -2.14. The molecular weight excluding hydrogens is 240 g/mol. The maximum absolute atomic E-state index is 11.5. The zero-order valence-electron chi connectivity index (χ0n) is 10.6. The monoisotopic (exact) mass is 256 g/mol. The van der Waals surface area contributed by atoms with Gasteiger partial charge in [-0.2, -0.15) is 0 Å². The van der Waals surface area contributed by atoms with Crippen LogP contribution in [0, 0.1) is 0 Å². The second-order valence-electron chi connectivity index (χ2n) is 4.82. The smallest absolute Gasteiger partial charge is 0.252 e. The quantitative estimate of drug-likeness (QED) is 0.854. The Morgan fingerprint density at radius 2 is 2.11 bits per heavy atom. The summed E-state index contributed by atoms with van der Waals surface area (Å²) in [6.45, 7) is 0.755. The highest BCUT2D eigenvalue weighted by Crippen LogP contribution is 2.37. The first-order chi connectivity index (χ1) is 9.31. The van der Waals surface area contributed by atoms with Gasteiger partial charge in [0, 0.05) is 30.9 Å². The number of rotatable bonds is 5. The highest BCUT2D eigenvalue weighted by molar-refractivity contribution is 5.34. The highest BCUT2D eigenvalue weighted by Gasteiger charge is 2.26. The lowest BCUT2D eigenvalue weighted by molar-refractivity contribution is 0.898. The Balaban J connectivity index is 1.62. The molecule has 0 radical (unpaired) electrons. The van der Waals surface area contributed by atoms with E-state index >= 15 is 0 Å². The third kappa shape index (κ3) is 3.19. The lowest BCUT2D eigenvalue weighted by atomic mass is 10.2. The van der Waals surface area contributed by atoms with Crippen LogP contribution in [-0.4, -0.2) is 21.5 Å². The van der Waals surface area contributed by atoms with Gasteiger partial charge >= 0.3 is 0 Å². The molecule has 1 aliphatic carbocycles. The number of hydrogen-bond donors (Lipinski definition) is 2. The standard InChI is InChI=1S/C14H16N4O/c19-13-9-12(17-14(18-13)11-1-2-11)16-8-5-10-3-6-15-7-4-10/h3-4,6-7,9,11H,1-2,5,8H2,(H2,16,17,18,19). The molecule has 0 spiro atoms. The number of pyridine rings is 1. The topological polar surface area (TPSA) is 70.7 Å². The second kappa shape index (κ2) is 5.22. The maximum atomic E-state index is 11.5. The number of hydrogen-bond acceptors (Lipinski definition) is 4. The first kappa shape index (κ1) is 11.9. The summed E-state index contributed by atoms with van der Waals surface area (Å²) in [5.74, 6) is 1.94. The fraction of sp³-hybridized carbons (Fsp3) is 0.357.